The Hall–Kier alpha value is -0.560. The molecular weight excluding hydrogens is 373 g/mol. The van der Waals surface area contributed by atoms with Crippen LogP contribution in [0.4, 0.5) is 5.69 Å². The summed E-state index contributed by atoms with van der Waals surface area (Å²) >= 11 is 3.59. The highest BCUT2D eigenvalue weighted by atomic mass is 127. The summed E-state index contributed by atoms with van der Waals surface area (Å²) in [5.41, 5.74) is 2.19. The third kappa shape index (κ3) is 3.72. The summed E-state index contributed by atoms with van der Waals surface area (Å²) in [6.07, 6.45) is 0.546. The SMILES string of the molecule is CC(=O)SCC1CC(=O)N(c2ccc(C)cc2I)C1. The number of hydrogen-bond donors (Lipinski definition) is 0. The molecule has 0 radical (unpaired) electrons. The van der Waals surface area contributed by atoms with Crippen molar-refractivity contribution in [3.63, 3.8) is 0 Å². The van der Waals surface area contributed by atoms with Gasteiger partial charge in [0.15, 0.2) is 5.12 Å². The van der Waals surface area contributed by atoms with Gasteiger partial charge in [0.25, 0.3) is 0 Å². The van der Waals surface area contributed by atoms with Crippen LogP contribution in [-0.4, -0.2) is 23.3 Å². The van der Waals surface area contributed by atoms with Gasteiger partial charge in [-0.15, -0.1) is 0 Å². The van der Waals surface area contributed by atoms with E-state index in [0.717, 1.165) is 21.6 Å². The van der Waals surface area contributed by atoms with Crippen LogP contribution in [0.2, 0.25) is 0 Å². The molecule has 1 aliphatic heterocycles. The maximum atomic E-state index is 12.1. The number of anilines is 1. The fraction of sp³-hybridized carbons (Fsp3) is 0.429. The first-order valence-corrected chi connectivity index (χ1v) is 8.23. The lowest BCUT2D eigenvalue weighted by atomic mass is 10.1. The first kappa shape index (κ1) is 14.8. The Morgan fingerprint density at radius 3 is 2.89 bits per heavy atom. The molecule has 0 N–H and O–H groups in total. The van der Waals surface area contributed by atoms with Crippen LogP contribution in [0.3, 0.4) is 0 Å². The van der Waals surface area contributed by atoms with E-state index < -0.39 is 0 Å². The summed E-state index contributed by atoms with van der Waals surface area (Å²) in [5.74, 6) is 1.18. The minimum Gasteiger partial charge on any atom is -0.311 e. The predicted molar refractivity (Wildman–Crippen MR) is 87.5 cm³/mol. The normalized spacial score (nSPS) is 19.0. The van der Waals surface area contributed by atoms with Crippen molar-refractivity contribution in [2.24, 2.45) is 5.92 Å². The average Bonchev–Trinajstić information content (AvgIpc) is 2.68. The zero-order valence-electron chi connectivity index (χ0n) is 11.0. The van der Waals surface area contributed by atoms with Crippen molar-refractivity contribution in [3.8, 4) is 0 Å². The predicted octanol–water partition coefficient (Wildman–Crippen LogP) is 3.23. The molecule has 5 heteroatoms. The molecule has 0 spiro atoms. The Bertz CT molecular complexity index is 518. The second-order valence-corrected chi connectivity index (χ2v) is 7.19. The third-order valence-electron chi connectivity index (χ3n) is 3.12. The molecular formula is C14H16INO2S. The van der Waals surface area contributed by atoms with Gasteiger partial charge in [0.2, 0.25) is 5.91 Å². The number of thioether (sulfide) groups is 1. The summed E-state index contributed by atoms with van der Waals surface area (Å²) < 4.78 is 1.10. The summed E-state index contributed by atoms with van der Waals surface area (Å²) in [5, 5.41) is 0.121. The molecule has 2 rings (SSSR count). The summed E-state index contributed by atoms with van der Waals surface area (Å²) in [4.78, 5) is 24.9. The largest absolute Gasteiger partial charge is 0.311 e. The number of carbonyl (C=O) groups is 2. The zero-order valence-corrected chi connectivity index (χ0v) is 14.0. The first-order chi connectivity index (χ1) is 8.97. The van der Waals surface area contributed by atoms with Crippen LogP contribution in [0.1, 0.15) is 18.9 Å². The number of amides is 1. The maximum Gasteiger partial charge on any atom is 0.227 e. The molecule has 1 unspecified atom stereocenters. The van der Waals surface area contributed by atoms with Crippen molar-refractivity contribution in [2.75, 3.05) is 17.2 Å². The van der Waals surface area contributed by atoms with Crippen LogP contribution < -0.4 is 4.90 Å². The number of carbonyl (C=O) groups excluding carboxylic acids is 2. The van der Waals surface area contributed by atoms with E-state index in [2.05, 4.69) is 28.7 Å². The second kappa shape index (κ2) is 6.26. The van der Waals surface area contributed by atoms with Gasteiger partial charge in [-0.1, -0.05) is 17.8 Å². The molecule has 1 aromatic rings. The van der Waals surface area contributed by atoms with E-state index >= 15 is 0 Å². The van der Waals surface area contributed by atoms with Crippen LogP contribution in [0.5, 0.6) is 0 Å². The molecule has 1 aromatic carbocycles. The highest BCUT2D eigenvalue weighted by Gasteiger charge is 2.31. The molecule has 0 aromatic heterocycles. The van der Waals surface area contributed by atoms with Gasteiger partial charge in [-0.05, 0) is 53.1 Å². The number of hydrogen-bond acceptors (Lipinski definition) is 3. The van der Waals surface area contributed by atoms with Crippen molar-refractivity contribution in [3.05, 3.63) is 27.3 Å². The van der Waals surface area contributed by atoms with Crippen LogP contribution in [0.25, 0.3) is 0 Å². The Kier molecular flexibility index (Phi) is 4.89. The van der Waals surface area contributed by atoms with Crippen molar-refractivity contribution < 1.29 is 9.59 Å². The number of nitrogens with zero attached hydrogens (tertiary/aromatic N) is 1. The van der Waals surface area contributed by atoms with Crippen molar-refractivity contribution in [2.45, 2.75) is 20.3 Å². The van der Waals surface area contributed by atoms with Crippen LogP contribution in [-0.2, 0) is 9.59 Å². The quantitative estimate of drug-likeness (QED) is 0.745. The van der Waals surface area contributed by atoms with E-state index in [9.17, 15) is 9.59 Å². The summed E-state index contributed by atoms with van der Waals surface area (Å²) in [6, 6.07) is 6.12. The van der Waals surface area contributed by atoms with Crippen molar-refractivity contribution in [1.82, 2.24) is 0 Å². The Balaban J connectivity index is 2.09. The number of aryl methyl sites for hydroxylation is 1. The second-order valence-electron chi connectivity index (χ2n) is 4.83. The monoisotopic (exact) mass is 389 g/mol. The topological polar surface area (TPSA) is 37.4 Å². The van der Waals surface area contributed by atoms with Crippen molar-refractivity contribution in [1.29, 1.82) is 0 Å². The van der Waals surface area contributed by atoms with Gasteiger partial charge in [-0.25, -0.2) is 0 Å². The molecule has 0 bridgehead atoms. The third-order valence-corrected chi connectivity index (χ3v) is 5.03. The van der Waals surface area contributed by atoms with Gasteiger partial charge >= 0.3 is 0 Å². The van der Waals surface area contributed by atoms with E-state index in [1.54, 1.807) is 6.92 Å². The van der Waals surface area contributed by atoms with E-state index in [0.29, 0.717) is 6.42 Å². The van der Waals surface area contributed by atoms with Gasteiger partial charge < -0.3 is 4.90 Å². The lowest BCUT2D eigenvalue weighted by Gasteiger charge is -2.18. The summed E-state index contributed by atoms with van der Waals surface area (Å²) in [6.45, 7) is 4.34. The Labute approximate surface area is 131 Å². The summed E-state index contributed by atoms with van der Waals surface area (Å²) in [7, 11) is 0. The molecule has 3 nitrogen and oxygen atoms in total. The Morgan fingerprint density at radius 1 is 1.53 bits per heavy atom. The van der Waals surface area contributed by atoms with E-state index in [1.165, 1.54) is 17.3 Å². The molecule has 102 valence electrons. The lowest BCUT2D eigenvalue weighted by molar-refractivity contribution is -0.117. The molecule has 1 heterocycles. The van der Waals surface area contributed by atoms with Gasteiger partial charge in [-0.3, -0.25) is 9.59 Å². The molecule has 1 atom stereocenters. The fourth-order valence-electron chi connectivity index (χ4n) is 2.19. The number of rotatable bonds is 3. The molecule has 1 aliphatic rings. The van der Waals surface area contributed by atoms with Crippen LogP contribution >= 0.6 is 34.4 Å². The van der Waals surface area contributed by atoms with Gasteiger partial charge in [0, 0.05) is 29.2 Å². The smallest absolute Gasteiger partial charge is 0.227 e. The van der Waals surface area contributed by atoms with E-state index in [1.807, 2.05) is 24.0 Å². The zero-order chi connectivity index (χ0) is 14.0. The lowest BCUT2D eigenvalue weighted by Crippen LogP contribution is -2.25. The maximum absolute atomic E-state index is 12.1. The molecule has 1 amide bonds. The highest BCUT2D eigenvalue weighted by Crippen LogP contribution is 2.31. The van der Waals surface area contributed by atoms with Crippen LogP contribution in [0, 0.1) is 16.4 Å². The Morgan fingerprint density at radius 2 is 2.26 bits per heavy atom. The van der Waals surface area contributed by atoms with Crippen LogP contribution in [0.15, 0.2) is 18.2 Å². The van der Waals surface area contributed by atoms with Gasteiger partial charge in [0.05, 0.1) is 5.69 Å². The minimum absolute atomic E-state index is 0.121. The minimum atomic E-state index is 0.121. The first-order valence-electron chi connectivity index (χ1n) is 6.17. The average molecular weight is 389 g/mol. The molecule has 1 fully saturated rings. The van der Waals surface area contributed by atoms with Gasteiger partial charge in [-0.2, -0.15) is 0 Å². The standard InChI is InChI=1S/C14H16INO2S/c1-9-3-4-13(12(15)5-9)16-7-11(6-14(16)18)8-19-10(2)17/h3-5,11H,6-8H2,1-2H3. The van der Waals surface area contributed by atoms with E-state index in [4.69, 9.17) is 0 Å². The number of benzene rings is 1. The fourth-order valence-corrected chi connectivity index (χ4v) is 3.85. The molecule has 0 aliphatic carbocycles. The van der Waals surface area contributed by atoms with Gasteiger partial charge in [0.1, 0.15) is 0 Å². The molecule has 19 heavy (non-hydrogen) atoms. The number of halogens is 1. The van der Waals surface area contributed by atoms with E-state index in [-0.39, 0.29) is 16.9 Å². The highest BCUT2D eigenvalue weighted by molar-refractivity contribution is 14.1. The molecule has 1 saturated heterocycles. The van der Waals surface area contributed by atoms with Crippen molar-refractivity contribution >= 4 is 51.1 Å². The molecule has 0 saturated carbocycles.